The molecule has 0 aliphatic rings. The zero-order valence-corrected chi connectivity index (χ0v) is 8.79. The van der Waals surface area contributed by atoms with Gasteiger partial charge >= 0.3 is 0 Å². The summed E-state index contributed by atoms with van der Waals surface area (Å²) in [7, 11) is 0. The first-order chi connectivity index (χ1) is 6.74. The summed E-state index contributed by atoms with van der Waals surface area (Å²) in [6.45, 7) is 4.56. The number of carbonyl (C=O) groups excluding carboxylic acids is 1. The Labute approximate surface area is 85.3 Å². The van der Waals surface area contributed by atoms with Crippen LogP contribution in [0.4, 0.5) is 0 Å². The van der Waals surface area contributed by atoms with Gasteiger partial charge in [0.05, 0.1) is 6.04 Å². The Morgan fingerprint density at radius 1 is 1.36 bits per heavy atom. The van der Waals surface area contributed by atoms with Crippen LogP contribution in [0.25, 0.3) is 0 Å². The molecule has 0 amide bonds. The third-order valence-corrected chi connectivity index (χ3v) is 2.29. The number of rotatable bonds is 5. The third-order valence-electron chi connectivity index (χ3n) is 2.29. The molecule has 76 valence electrons. The van der Waals surface area contributed by atoms with Crippen LogP contribution in [0.1, 0.15) is 25.8 Å². The summed E-state index contributed by atoms with van der Waals surface area (Å²) in [5.41, 5.74) is 1.21. The lowest BCUT2D eigenvalue weighted by Crippen LogP contribution is -2.32. The summed E-state index contributed by atoms with van der Waals surface area (Å²) in [5.74, 6) is 0.265. The number of Topliss-reactive ketones (excluding diaryl/α,β-unsaturated/α-hetero) is 1. The first kappa shape index (κ1) is 10.9. The number of carbonyl (C=O) groups is 1. The number of hydrogen-bond acceptors (Lipinski definition) is 2. The second-order valence-electron chi connectivity index (χ2n) is 3.41. The summed E-state index contributed by atoms with van der Waals surface area (Å²) >= 11 is 0. The van der Waals surface area contributed by atoms with Crippen molar-refractivity contribution in [3.63, 3.8) is 0 Å². The molecular formula is C12H17NO. The minimum Gasteiger partial charge on any atom is -0.304 e. The molecule has 1 rings (SSSR count). The van der Waals surface area contributed by atoms with Gasteiger partial charge in [-0.05, 0) is 12.5 Å². The van der Waals surface area contributed by atoms with E-state index >= 15 is 0 Å². The minimum atomic E-state index is -0.0415. The summed E-state index contributed by atoms with van der Waals surface area (Å²) in [6.07, 6.45) is 0.600. The average molecular weight is 191 g/mol. The van der Waals surface area contributed by atoms with E-state index in [1.165, 1.54) is 5.56 Å². The molecule has 0 heterocycles. The molecule has 0 aromatic heterocycles. The zero-order chi connectivity index (χ0) is 10.4. The van der Waals surface area contributed by atoms with E-state index in [0.29, 0.717) is 6.42 Å². The largest absolute Gasteiger partial charge is 0.304 e. The van der Waals surface area contributed by atoms with Gasteiger partial charge in [0, 0.05) is 13.0 Å². The van der Waals surface area contributed by atoms with Gasteiger partial charge in [-0.3, -0.25) is 4.79 Å². The summed E-state index contributed by atoms with van der Waals surface area (Å²) < 4.78 is 0. The maximum Gasteiger partial charge on any atom is 0.149 e. The molecule has 14 heavy (non-hydrogen) atoms. The van der Waals surface area contributed by atoms with Crippen LogP contribution in [0.3, 0.4) is 0 Å². The van der Waals surface area contributed by atoms with Crippen molar-refractivity contribution < 1.29 is 4.79 Å². The Morgan fingerprint density at radius 2 is 2.00 bits per heavy atom. The van der Waals surface area contributed by atoms with Gasteiger partial charge in [0.15, 0.2) is 0 Å². The van der Waals surface area contributed by atoms with Gasteiger partial charge in [-0.25, -0.2) is 0 Å². The van der Waals surface area contributed by atoms with Crippen LogP contribution in [0, 0.1) is 0 Å². The maximum atomic E-state index is 11.3. The van der Waals surface area contributed by atoms with Crippen LogP contribution in [-0.4, -0.2) is 11.8 Å². The fraction of sp³-hybridized carbons (Fsp3) is 0.417. The number of benzene rings is 1. The Hall–Kier alpha value is -1.15. The van der Waals surface area contributed by atoms with Gasteiger partial charge in [-0.15, -0.1) is 0 Å². The van der Waals surface area contributed by atoms with Crippen molar-refractivity contribution in [2.24, 2.45) is 0 Å². The van der Waals surface area contributed by atoms with Gasteiger partial charge in [0.2, 0.25) is 0 Å². The second kappa shape index (κ2) is 5.55. The summed E-state index contributed by atoms with van der Waals surface area (Å²) in [6, 6.07) is 10.1. The summed E-state index contributed by atoms with van der Waals surface area (Å²) in [4.78, 5) is 11.3. The van der Waals surface area contributed by atoms with E-state index in [0.717, 1.165) is 6.54 Å². The highest BCUT2D eigenvalue weighted by atomic mass is 16.1. The molecule has 1 atom stereocenters. The van der Waals surface area contributed by atoms with E-state index in [2.05, 4.69) is 17.4 Å². The first-order valence-electron chi connectivity index (χ1n) is 5.04. The maximum absolute atomic E-state index is 11.3. The molecule has 0 spiro atoms. The highest BCUT2D eigenvalue weighted by Crippen LogP contribution is 1.99. The van der Waals surface area contributed by atoms with E-state index in [-0.39, 0.29) is 11.8 Å². The standard InChI is InChI=1S/C12H17NO/c1-3-12(14)10(2)13-9-11-7-5-4-6-8-11/h4-8,10,13H,3,9H2,1-2H3. The molecule has 1 aromatic rings. The monoisotopic (exact) mass is 191 g/mol. The average Bonchev–Trinajstić information content (AvgIpc) is 2.26. The SMILES string of the molecule is CCC(=O)C(C)NCc1ccccc1. The second-order valence-corrected chi connectivity index (χ2v) is 3.41. The number of hydrogen-bond donors (Lipinski definition) is 1. The molecule has 2 heteroatoms. The number of ketones is 1. The zero-order valence-electron chi connectivity index (χ0n) is 8.79. The van der Waals surface area contributed by atoms with E-state index in [1.807, 2.05) is 32.0 Å². The predicted molar refractivity (Wildman–Crippen MR) is 58.0 cm³/mol. The molecule has 0 fully saturated rings. The minimum absolute atomic E-state index is 0.0415. The molecule has 1 unspecified atom stereocenters. The van der Waals surface area contributed by atoms with E-state index in [4.69, 9.17) is 0 Å². The normalized spacial score (nSPS) is 12.4. The van der Waals surface area contributed by atoms with Crippen LogP contribution >= 0.6 is 0 Å². The van der Waals surface area contributed by atoms with E-state index in [1.54, 1.807) is 0 Å². The van der Waals surface area contributed by atoms with Crippen molar-refractivity contribution in [1.82, 2.24) is 5.32 Å². The Kier molecular flexibility index (Phi) is 4.33. The van der Waals surface area contributed by atoms with Crippen molar-refractivity contribution in [3.8, 4) is 0 Å². The Morgan fingerprint density at radius 3 is 2.57 bits per heavy atom. The molecule has 1 N–H and O–H groups in total. The van der Waals surface area contributed by atoms with Gasteiger partial charge in [-0.1, -0.05) is 37.3 Å². The van der Waals surface area contributed by atoms with Crippen molar-refractivity contribution >= 4 is 5.78 Å². The van der Waals surface area contributed by atoms with E-state index in [9.17, 15) is 4.79 Å². The predicted octanol–water partition coefficient (Wildman–Crippen LogP) is 2.14. The van der Waals surface area contributed by atoms with Crippen LogP contribution in [0.15, 0.2) is 30.3 Å². The summed E-state index contributed by atoms with van der Waals surface area (Å²) in [5, 5.41) is 3.20. The molecule has 0 bridgehead atoms. The lowest BCUT2D eigenvalue weighted by Gasteiger charge is -2.11. The van der Waals surface area contributed by atoms with Crippen LogP contribution in [0.5, 0.6) is 0 Å². The smallest absolute Gasteiger partial charge is 0.149 e. The fourth-order valence-electron chi connectivity index (χ4n) is 1.29. The topological polar surface area (TPSA) is 29.1 Å². The van der Waals surface area contributed by atoms with E-state index < -0.39 is 0 Å². The van der Waals surface area contributed by atoms with Gasteiger partial charge in [-0.2, -0.15) is 0 Å². The van der Waals surface area contributed by atoms with Crippen LogP contribution in [-0.2, 0) is 11.3 Å². The quantitative estimate of drug-likeness (QED) is 0.772. The van der Waals surface area contributed by atoms with Crippen molar-refractivity contribution in [2.75, 3.05) is 0 Å². The van der Waals surface area contributed by atoms with Crippen molar-refractivity contribution in [3.05, 3.63) is 35.9 Å². The van der Waals surface area contributed by atoms with Crippen LogP contribution in [0.2, 0.25) is 0 Å². The van der Waals surface area contributed by atoms with Crippen molar-refractivity contribution in [2.45, 2.75) is 32.9 Å². The van der Waals surface area contributed by atoms with Crippen LogP contribution < -0.4 is 5.32 Å². The molecule has 1 aromatic carbocycles. The molecule has 0 aliphatic heterocycles. The van der Waals surface area contributed by atoms with Crippen molar-refractivity contribution in [1.29, 1.82) is 0 Å². The molecule has 0 aliphatic carbocycles. The first-order valence-corrected chi connectivity index (χ1v) is 5.04. The lowest BCUT2D eigenvalue weighted by atomic mass is 10.1. The Bertz CT molecular complexity index is 282. The fourth-order valence-corrected chi connectivity index (χ4v) is 1.29. The molecule has 0 saturated heterocycles. The molecule has 2 nitrogen and oxygen atoms in total. The lowest BCUT2D eigenvalue weighted by molar-refractivity contribution is -0.120. The van der Waals surface area contributed by atoms with Gasteiger partial charge < -0.3 is 5.32 Å². The highest BCUT2D eigenvalue weighted by Gasteiger charge is 2.08. The number of nitrogens with one attached hydrogen (secondary N) is 1. The van der Waals surface area contributed by atoms with Gasteiger partial charge in [0.1, 0.15) is 5.78 Å². The molecule has 0 saturated carbocycles. The van der Waals surface area contributed by atoms with Gasteiger partial charge in [0.25, 0.3) is 0 Å². The molecular weight excluding hydrogens is 174 g/mol. The molecule has 0 radical (unpaired) electrons. The third kappa shape index (κ3) is 3.30. The highest BCUT2D eigenvalue weighted by molar-refractivity contribution is 5.83. The Balaban J connectivity index is 2.38.